The van der Waals surface area contributed by atoms with E-state index in [1.54, 1.807) is 7.11 Å². The van der Waals surface area contributed by atoms with Crippen molar-refractivity contribution < 1.29 is 9.47 Å². The van der Waals surface area contributed by atoms with Crippen LogP contribution in [0.25, 0.3) is 0 Å². The number of nitrogens with two attached hydrogens (primary N) is 1. The normalized spacial score (nSPS) is 10.2. The number of unbranched alkanes of at least 4 members (excludes halogenated alkanes) is 4. The standard InChI is InChI=1S/C14H23NO2/c1-3-4-5-6-7-10-17-12-8-9-14(16-2)13(15)11-12/h8-9,11H,3-7,10,15H2,1-2H3. The molecule has 1 aromatic carbocycles. The van der Waals surface area contributed by atoms with Gasteiger partial charge in [0.2, 0.25) is 0 Å². The number of rotatable bonds is 8. The molecule has 96 valence electrons. The predicted octanol–water partition coefficient (Wildman–Crippen LogP) is 3.63. The lowest BCUT2D eigenvalue weighted by molar-refractivity contribution is 0.304. The zero-order valence-corrected chi connectivity index (χ0v) is 10.9. The molecule has 3 nitrogen and oxygen atoms in total. The molecule has 0 radical (unpaired) electrons. The average Bonchev–Trinajstić information content (AvgIpc) is 2.34. The fourth-order valence-electron chi connectivity index (χ4n) is 1.70. The summed E-state index contributed by atoms with van der Waals surface area (Å²) < 4.78 is 10.7. The molecule has 0 unspecified atom stereocenters. The van der Waals surface area contributed by atoms with Crippen LogP contribution in [0.4, 0.5) is 5.69 Å². The third-order valence-electron chi connectivity index (χ3n) is 2.72. The highest BCUT2D eigenvalue weighted by molar-refractivity contribution is 5.56. The lowest BCUT2D eigenvalue weighted by atomic mass is 10.2. The average molecular weight is 237 g/mol. The fraction of sp³-hybridized carbons (Fsp3) is 0.571. The van der Waals surface area contributed by atoms with Crippen LogP contribution in [0.2, 0.25) is 0 Å². The Labute approximate surface area is 104 Å². The van der Waals surface area contributed by atoms with Crippen LogP contribution in [0.1, 0.15) is 39.0 Å². The third-order valence-corrected chi connectivity index (χ3v) is 2.72. The molecular weight excluding hydrogens is 214 g/mol. The van der Waals surface area contributed by atoms with Crippen molar-refractivity contribution in [2.45, 2.75) is 39.0 Å². The van der Waals surface area contributed by atoms with Gasteiger partial charge in [-0.15, -0.1) is 0 Å². The molecular formula is C14H23NO2. The van der Waals surface area contributed by atoms with Gasteiger partial charge in [0.05, 0.1) is 19.4 Å². The first-order chi connectivity index (χ1) is 8.27. The zero-order chi connectivity index (χ0) is 12.5. The number of nitrogen functional groups attached to an aromatic ring is 1. The Bertz CT molecular complexity index is 326. The summed E-state index contributed by atoms with van der Waals surface area (Å²) in [5.74, 6) is 1.51. The van der Waals surface area contributed by atoms with Crippen LogP contribution in [0.15, 0.2) is 18.2 Å². The van der Waals surface area contributed by atoms with Crippen molar-refractivity contribution in [1.29, 1.82) is 0 Å². The lowest BCUT2D eigenvalue weighted by Gasteiger charge is -2.09. The van der Waals surface area contributed by atoms with Crippen molar-refractivity contribution in [3.63, 3.8) is 0 Å². The minimum atomic E-state index is 0.621. The van der Waals surface area contributed by atoms with E-state index in [2.05, 4.69) is 6.92 Å². The van der Waals surface area contributed by atoms with E-state index in [-0.39, 0.29) is 0 Å². The Balaban J connectivity index is 2.25. The Morgan fingerprint density at radius 3 is 2.53 bits per heavy atom. The molecule has 0 bridgehead atoms. The zero-order valence-electron chi connectivity index (χ0n) is 10.9. The van der Waals surface area contributed by atoms with Crippen molar-refractivity contribution in [2.24, 2.45) is 0 Å². The second kappa shape index (κ2) is 7.82. The van der Waals surface area contributed by atoms with E-state index in [9.17, 15) is 0 Å². The molecule has 1 aromatic rings. The maximum atomic E-state index is 5.80. The van der Waals surface area contributed by atoms with Crippen LogP contribution in [0.5, 0.6) is 11.5 Å². The van der Waals surface area contributed by atoms with Gasteiger partial charge < -0.3 is 15.2 Å². The Morgan fingerprint density at radius 1 is 1.12 bits per heavy atom. The summed E-state index contributed by atoms with van der Waals surface area (Å²) in [6, 6.07) is 5.54. The van der Waals surface area contributed by atoms with Gasteiger partial charge in [0.1, 0.15) is 11.5 Å². The number of ether oxygens (including phenoxy) is 2. The molecule has 0 saturated carbocycles. The molecule has 0 aromatic heterocycles. The SMILES string of the molecule is CCCCCCCOc1ccc(OC)c(N)c1. The molecule has 1 rings (SSSR count). The minimum absolute atomic E-state index is 0.621. The Kier molecular flexibility index (Phi) is 6.30. The number of hydrogen-bond donors (Lipinski definition) is 1. The first-order valence-electron chi connectivity index (χ1n) is 6.34. The quantitative estimate of drug-likeness (QED) is 0.554. The molecule has 0 saturated heterocycles. The lowest BCUT2D eigenvalue weighted by Crippen LogP contribution is -1.99. The third kappa shape index (κ3) is 4.98. The van der Waals surface area contributed by atoms with Crippen LogP contribution < -0.4 is 15.2 Å². The highest BCUT2D eigenvalue weighted by Gasteiger charge is 2.01. The molecule has 0 heterocycles. The highest BCUT2D eigenvalue weighted by atomic mass is 16.5. The Morgan fingerprint density at radius 2 is 1.88 bits per heavy atom. The summed E-state index contributed by atoms with van der Waals surface area (Å²) in [6.07, 6.45) is 6.22. The summed E-state index contributed by atoms with van der Waals surface area (Å²) in [7, 11) is 1.61. The molecule has 0 aliphatic heterocycles. The molecule has 0 fully saturated rings. The maximum Gasteiger partial charge on any atom is 0.142 e. The van der Waals surface area contributed by atoms with E-state index >= 15 is 0 Å². The van der Waals surface area contributed by atoms with Gasteiger partial charge in [-0.3, -0.25) is 0 Å². The van der Waals surface area contributed by atoms with Gasteiger partial charge in [-0.2, -0.15) is 0 Å². The van der Waals surface area contributed by atoms with Crippen molar-refractivity contribution in [2.75, 3.05) is 19.5 Å². The number of benzene rings is 1. The van der Waals surface area contributed by atoms with E-state index < -0.39 is 0 Å². The summed E-state index contributed by atoms with van der Waals surface area (Å²) in [5, 5.41) is 0. The first kappa shape index (κ1) is 13.7. The van der Waals surface area contributed by atoms with E-state index in [4.69, 9.17) is 15.2 Å². The van der Waals surface area contributed by atoms with Gasteiger partial charge in [0, 0.05) is 6.07 Å². The number of anilines is 1. The van der Waals surface area contributed by atoms with Gasteiger partial charge in [0.25, 0.3) is 0 Å². The second-order valence-electron chi connectivity index (χ2n) is 4.17. The van der Waals surface area contributed by atoms with Crippen LogP contribution in [0.3, 0.4) is 0 Å². The molecule has 3 heteroatoms. The minimum Gasteiger partial charge on any atom is -0.495 e. The maximum absolute atomic E-state index is 5.80. The van der Waals surface area contributed by atoms with Gasteiger partial charge in [-0.05, 0) is 18.6 Å². The van der Waals surface area contributed by atoms with E-state index in [1.165, 1.54) is 25.7 Å². The first-order valence-corrected chi connectivity index (χ1v) is 6.34. The van der Waals surface area contributed by atoms with Crippen LogP contribution in [-0.2, 0) is 0 Å². The summed E-state index contributed by atoms with van der Waals surface area (Å²) in [4.78, 5) is 0. The van der Waals surface area contributed by atoms with Gasteiger partial charge in [-0.1, -0.05) is 32.6 Å². The van der Waals surface area contributed by atoms with Gasteiger partial charge in [0.15, 0.2) is 0 Å². The van der Waals surface area contributed by atoms with E-state index in [0.717, 1.165) is 18.8 Å². The molecule has 0 amide bonds. The smallest absolute Gasteiger partial charge is 0.142 e. The molecule has 0 spiro atoms. The molecule has 0 aliphatic rings. The van der Waals surface area contributed by atoms with Gasteiger partial charge in [-0.25, -0.2) is 0 Å². The summed E-state index contributed by atoms with van der Waals surface area (Å²) in [5.41, 5.74) is 6.42. The van der Waals surface area contributed by atoms with Crippen molar-refractivity contribution in [1.82, 2.24) is 0 Å². The largest absolute Gasteiger partial charge is 0.495 e. The molecule has 17 heavy (non-hydrogen) atoms. The fourth-order valence-corrected chi connectivity index (χ4v) is 1.70. The molecule has 0 atom stereocenters. The Hall–Kier alpha value is -1.38. The van der Waals surface area contributed by atoms with E-state index in [1.807, 2.05) is 18.2 Å². The molecule has 0 aliphatic carbocycles. The monoisotopic (exact) mass is 237 g/mol. The topological polar surface area (TPSA) is 44.5 Å². The van der Waals surface area contributed by atoms with Crippen LogP contribution in [-0.4, -0.2) is 13.7 Å². The van der Waals surface area contributed by atoms with Crippen LogP contribution >= 0.6 is 0 Å². The van der Waals surface area contributed by atoms with Crippen LogP contribution in [0, 0.1) is 0 Å². The summed E-state index contributed by atoms with van der Waals surface area (Å²) >= 11 is 0. The van der Waals surface area contributed by atoms with Crippen molar-refractivity contribution in [3.8, 4) is 11.5 Å². The highest BCUT2D eigenvalue weighted by Crippen LogP contribution is 2.26. The summed E-state index contributed by atoms with van der Waals surface area (Å²) in [6.45, 7) is 2.98. The van der Waals surface area contributed by atoms with E-state index in [0.29, 0.717) is 11.4 Å². The molecule has 2 N–H and O–H groups in total. The second-order valence-corrected chi connectivity index (χ2v) is 4.17. The number of methoxy groups -OCH3 is 1. The van der Waals surface area contributed by atoms with Gasteiger partial charge >= 0.3 is 0 Å². The van der Waals surface area contributed by atoms with Crippen molar-refractivity contribution in [3.05, 3.63) is 18.2 Å². The predicted molar refractivity (Wildman–Crippen MR) is 71.7 cm³/mol. The van der Waals surface area contributed by atoms with Crippen molar-refractivity contribution >= 4 is 5.69 Å². The number of hydrogen-bond acceptors (Lipinski definition) is 3.